The maximum Gasteiger partial charge on any atom is 0.195 e. The first-order valence-electron chi connectivity index (χ1n) is 6.69. The van der Waals surface area contributed by atoms with Gasteiger partial charge in [-0.2, -0.15) is 0 Å². The highest BCUT2D eigenvalue weighted by atomic mass is 16.3. The maximum atomic E-state index is 11.9. The van der Waals surface area contributed by atoms with Crippen LogP contribution in [0.2, 0.25) is 0 Å². The van der Waals surface area contributed by atoms with E-state index in [4.69, 9.17) is 0 Å². The Kier molecular flexibility index (Phi) is 5.90. The first-order chi connectivity index (χ1) is 10.8. The summed E-state index contributed by atoms with van der Waals surface area (Å²) in [5.74, 6) is -0.271. The summed E-state index contributed by atoms with van der Waals surface area (Å²) in [5, 5.41) is 20.0. The van der Waals surface area contributed by atoms with Crippen molar-refractivity contribution < 1.29 is 9.90 Å². The monoisotopic (exact) mass is 293 g/mol. The number of aliphatic hydroxyl groups is 1. The minimum Gasteiger partial charge on any atom is -0.380 e. The average Bonchev–Trinajstić information content (AvgIpc) is 2.64. The number of hydrogen-bond donors (Lipinski definition) is 1. The van der Waals surface area contributed by atoms with Crippen LogP contribution in [0.15, 0.2) is 79.1 Å². The molecule has 3 rings (SSSR count). The molecule has 5 heteroatoms. The second-order valence-electron chi connectivity index (χ2n) is 4.35. The number of aromatic nitrogens is 3. The Morgan fingerprint density at radius 3 is 1.82 bits per heavy atom. The number of carbonyl (C=O) groups is 1. The summed E-state index contributed by atoms with van der Waals surface area (Å²) in [6, 6.07) is 19.5. The van der Waals surface area contributed by atoms with E-state index in [1.165, 1.54) is 0 Å². The van der Waals surface area contributed by atoms with E-state index in [1.807, 2.05) is 12.1 Å². The fraction of sp³-hybridized carbons (Fsp3) is 0.0588. The van der Waals surface area contributed by atoms with Crippen molar-refractivity contribution in [2.24, 2.45) is 0 Å². The lowest BCUT2D eigenvalue weighted by Gasteiger charge is -2.09. The fourth-order valence-electron chi connectivity index (χ4n) is 1.75. The van der Waals surface area contributed by atoms with Crippen LogP contribution in [0, 0.1) is 0 Å². The molecule has 0 fully saturated rings. The summed E-state index contributed by atoms with van der Waals surface area (Å²) >= 11 is 0. The van der Waals surface area contributed by atoms with Crippen LogP contribution < -0.4 is 0 Å². The van der Waals surface area contributed by atoms with Crippen molar-refractivity contribution in [2.75, 3.05) is 0 Å². The number of nitrogens with zero attached hydrogens (tertiary/aromatic N) is 3. The summed E-state index contributed by atoms with van der Waals surface area (Å²) in [4.78, 5) is 11.9. The smallest absolute Gasteiger partial charge is 0.195 e. The third kappa shape index (κ3) is 4.57. The Morgan fingerprint density at radius 1 is 0.818 bits per heavy atom. The van der Waals surface area contributed by atoms with Crippen LogP contribution in [0.4, 0.5) is 0 Å². The van der Waals surface area contributed by atoms with E-state index < -0.39 is 6.10 Å². The molecule has 1 aromatic heterocycles. The van der Waals surface area contributed by atoms with E-state index in [0.717, 1.165) is 0 Å². The Bertz CT molecular complexity index is 649. The van der Waals surface area contributed by atoms with Crippen molar-refractivity contribution in [3.63, 3.8) is 0 Å². The molecule has 3 aromatic rings. The molecule has 0 radical (unpaired) electrons. The normalized spacial score (nSPS) is 11.0. The molecule has 0 aliphatic carbocycles. The molecule has 0 saturated heterocycles. The van der Waals surface area contributed by atoms with Crippen molar-refractivity contribution in [2.45, 2.75) is 6.10 Å². The standard InChI is InChI=1S/C14H12O2.C3H3N3/c15-13(11-7-3-1-4-8-11)14(16)12-9-5-2-6-10-12;1-2-4-6-5-3-1/h1-10,13,15H;1-3H. The minimum atomic E-state index is -1.08. The summed E-state index contributed by atoms with van der Waals surface area (Å²) in [5.41, 5.74) is 1.15. The van der Waals surface area contributed by atoms with Gasteiger partial charge in [0.1, 0.15) is 6.10 Å². The van der Waals surface area contributed by atoms with E-state index in [9.17, 15) is 9.90 Å². The molecule has 0 amide bonds. The van der Waals surface area contributed by atoms with E-state index in [0.29, 0.717) is 11.1 Å². The minimum absolute atomic E-state index is 0.271. The van der Waals surface area contributed by atoms with Gasteiger partial charge in [0.15, 0.2) is 5.78 Å². The predicted octanol–water partition coefficient (Wildman–Crippen LogP) is 2.47. The molecule has 0 spiro atoms. The number of carbonyl (C=O) groups excluding carboxylic acids is 1. The molecule has 2 aromatic carbocycles. The van der Waals surface area contributed by atoms with Crippen LogP contribution in [0.5, 0.6) is 0 Å². The molecular weight excluding hydrogens is 278 g/mol. The molecule has 0 saturated carbocycles. The van der Waals surface area contributed by atoms with Gasteiger partial charge in [-0.25, -0.2) is 0 Å². The van der Waals surface area contributed by atoms with Crippen molar-refractivity contribution in [1.29, 1.82) is 0 Å². The predicted molar refractivity (Wildman–Crippen MR) is 82.0 cm³/mol. The highest BCUT2D eigenvalue weighted by Crippen LogP contribution is 2.17. The zero-order chi connectivity index (χ0) is 15.6. The van der Waals surface area contributed by atoms with Crippen molar-refractivity contribution in [3.8, 4) is 0 Å². The highest BCUT2D eigenvalue weighted by molar-refractivity contribution is 5.99. The van der Waals surface area contributed by atoms with Gasteiger partial charge in [-0.3, -0.25) is 4.79 Å². The topological polar surface area (TPSA) is 76.0 Å². The van der Waals surface area contributed by atoms with Crippen LogP contribution in [-0.4, -0.2) is 26.3 Å². The number of Topliss-reactive ketones (excluding diaryl/α,β-unsaturated/α-hetero) is 1. The Balaban J connectivity index is 0.000000246. The summed E-state index contributed by atoms with van der Waals surface area (Å²) < 4.78 is 0. The van der Waals surface area contributed by atoms with Gasteiger partial charge in [0.2, 0.25) is 0 Å². The van der Waals surface area contributed by atoms with Crippen LogP contribution in [0.25, 0.3) is 0 Å². The molecule has 5 nitrogen and oxygen atoms in total. The molecule has 0 bridgehead atoms. The second kappa shape index (κ2) is 8.39. The van der Waals surface area contributed by atoms with Gasteiger partial charge in [-0.1, -0.05) is 60.7 Å². The van der Waals surface area contributed by atoms with Crippen LogP contribution in [0.3, 0.4) is 0 Å². The van der Waals surface area contributed by atoms with Gasteiger partial charge in [-0.15, -0.1) is 10.2 Å². The van der Waals surface area contributed by atoms with Crippen LogP contribution >= 0.6 is 0 Å². The zero-order valence-corrected chi connectivity index (χ0v) is 11.8. The van der Waals surface area contributed by atoms with Gasteiger partial charge in [-0.05, 0) is 16.8 Å². The largest absolute Gasteiger partial charge is 0.380 e. The van der Waals surface area contributed by atoms with Gasteiger partial charge < -0.3 is 5.11 Å². The Labute approximate surface area is 128 Å². The third-order valence-corrected chi connectivity index (χ3v) is 2.83. The van der Waals surface area contributed by atoms with E-state index in [1.54, 1.807) is 67.0 Å². The first-order valence-corrected chi connectivity index (χ1v) is 6.69. The lowest BCUT2D eigenvalue weighted by molar-refractivity contribution is 0.0747. The van der Waals surface area contributed by atoms with Gasteiger partial charge in [0.05, 0.1) is 12.4 Å². The number of aliphatic hydroxyl groups excluding tert-OH is 1. The summed E-state index contributed by atoms with van der Waals surface area (Å²) in [6.07, 6.45) is 2.07. The molecule has 1 atom stereocenters. The summed E-state index contributed by atoms with van der Waals surface area (Å²) in [6.45, 7) is 0. The average molecular weight is 293 g/mol. The van der Waals surface area contributed by atoms with Gasteiger partial charge in [0, 0.05) is 5.56 Å². The Morgan fingerprint density at radius 2 is 1.36 bits per heavy atom. The summed E-state index contributed by atoms with van der Waals surface area (Å²) in [7, 11) is 0. The van der Waals surface area contributed by atoms with E-state index >= 15 is 0 Å². The number of rotatable bonds is 3. The van der Waals surface area contributed by atoms with Crippen LogP contribution in [0.1, 0.15) is 22.0 Å². The van der Waals surface area contributed by atoms with E-state index in [-0.39, 0.29) is 5.78 Å². The number of benzene rings is 2. The van der Waals surface area contributed by atoms with Gasteiger partial charge in [0.25, 0.3) is 0 Å². The molecule has 0 aliphatic heterocycles. The van der Waals surface area contributed by atoms with Gasteiger partial charge >= 0.3 is 0 Å². The lowest BCUT2D eigenvalue weighted by Crippen LogP contribution is -2.11. The maximum absolute atomic E-state index is 11.9. The third-order valence-electron chi connectivity index (χ3n) is 2.83. The molecule has 0 aliphatic rings. The quantitative estimate of drug-likeness (QED) is 0.751. The number of ketones is 1. The molecule has 1 heterocycles. The fourth-order valence-corrected chi connectivity index (χ4v) is 1.75. The zero-order valence-electron chi connectivity index (χ0n) is 11.8. The molecular formula is C17H15N3O2. The SMILES string of the molecule is O=C(c1ccccc1)C(O)c1ccccc1.c1cnnnc1. The first kappa shape index (κ1) is 15.5. The van der Waals surface area contributed by atoms with E-state index in [2.05, 4.69) is 15.4 Å². The van der Waals surface area contributed by atoms with Crippen LogP contribution in [-0.2, 0) is 0 Å². The second-order valence-corrected chi connectivity index (χ2v) is 4.35. The highest BCUT2D eigenvalue weighted by Gasteiger charge is 2.18. The lowest BCUT2D eigenvalue weighted by atomic mass is 10.0. The Hall–Kier alpha value is -2.92. The molecule has 22 heavy (non-hydrogen) atoms. The van der Waals surface area contributed by atoms with Crippen molar-refractivity contribution >= 4 is 5.78 Å². The van der Waals surface area contributed by atoms with Crippen molar-refractivity contribution in [1.82, 2.24) is 15.4 Å². The molecule has 110 valence electrons. The number of hydrogen-bond acceptors (Lipinski definition) is 5. The van der Waals surface area contributed by atoms with Crippen molar-refractivity contribution in [3.05, 3.63) is 90.3 Å². The molecule has 1 N–H and O–H groups in total. The molecule has 1 unspecified atom stereocenters.